The minimum Gasteiger partial charge on any atom is -0.384 e. The van der Waals surface area contributed by atoms with Crippen molar-refractivity contribution in [2.45, 2.75) is 30.7 Å². The zero-order valence-corrected chi connectivity index (χ0v) is 15.2. The first kappa shape index (κ1) is 16.4. The van der Waals surface area contributed by atoms with Crippen molar-refractivity contribution < 1.29 is 9.59 Å². The topological polar surface area (TPSA) is 61.4 Å². The maximum Gasteiger partial charge on any atom is 0.252 e. The van der Waals surface area contributed by atoms with Crippen LogP contribution in [-0.4, -0.2) is 36.3 Å². The van der Waals surface area contributed by atoms with E-state index in [4.69, 9.17) is 0 Å². The number of hydrogen-bond donors (Lipinski definition) is 2. The van der Waals surface area contributed by atoms with Crippen LogP contribution in [0.3, 0.4) is 0 Å². The average molecular weight is 361 g/mol. The highest BCUT2D eigenvalue weighted by molar-refractivity contribution is 5.99. The van der Waals surface area contributed by atoms with E-state index in [9.17, 15) is 9.59 Å². The van der Waals surface area contributed by atoms with Crippen molar-refractivity contribution in [3.05, 3.63) is 65.2 Å². The fourth-order valence-corrected chi connectivity index (χ4v) is 4.88. The zero-order chi connectivity index (χ0) is 18.4. The summed E-state index contributed by atoms with van der Waals surface area (Å²) < 4.78 is 0. The Morgan fingerprint density at radius 1 is 1.07 bits per heavy atom. The fourth-order valence-electron chi connectivity index (χ4n) is 4.88. The van der Waals surface area contributed by atoms with Crippen LogP contribution in [0.5, 0.6) is 0 Å². The molecule has 138 valence electrons. The highest BCUT2D eigenvalue weighted by atomic mass is 16.2. The lowest BCUT2D eigenvalue weighted by molar-refractivity contribution is -0.133. The molecule has 1 atom stereocenters. The van der Waals surface area contributed by atoms with Crippen LogP contribution >= 0.6 is 0 Å². The molecule has 3 aliphatic rings. The van der Waals surface area contributed by atoms with Crippen LogP contribution in [0.2, 0.25) is 0 Å². The Labute approximate surface area is 158 Å². The monoisotopic (exact) mass is 361 g/mol. The van der Waals surface area contributed by atoms with Gasteiger partial charge in [0.05, 0.1) is 12.5 Å². The summed E-state index contributed by atoms with van der Waals surface area (Å²) in [5, 5.41) is 6.48. The van der Waals surface area contributed by atoms with Gasteiger partial charge in [-0.3, -0.25) is 9.59 Å². The first-order valence-electron chi connectivity index (χ1n) is 9.67. The van der Waals surface area contributed by atoms with Crippen LogP contribution in [0.1, 0.15) is 46.8 Å². The van der Waals surface area contributed by atoms with Gasteiger partial charge in [0.25, 0.3) is 5.91 Å². The molecular formula is C22H23N3O2. The number of fused-ring (bicyclic) bond motifs is 3. The largest absolute Gasteiger partial charge is 0.384 e. The molecule has 2 aromatic rings. The lowest BCUT2D eigenvalue weighted by Gasteiger charge is -2.39. The molecule has 27 heavy (non-hydrogen) atoms. The SMILES string of the molecule is O=C1NC(CC(=O)N2CCC3(CC2)CNc2ccccc23)c2ccccc21. The third-order valence-corrected chi connectivity index (χ3v) is 6.45. The quantitative estimate of drug-likeness (QED) is 0.865. The fraction of sp³-hybridized carbons (Fsp3) is 0.364. The van der Waals surface area contributed by atoms with Gasteiger partial charge in [-0.05, 0) is 36.1 Å². The van der Waals surface area contributed by atoms with Gasteiger partial charge in [0.2, 0.25) is 5.91 Å². The molecule has 3 heterocycles. The molecule has 0 aromatic heterocycles. The van der Waals surface area contributed by atoms with E-state index in [1.807, 2.05) is 29.2 Å². The first-order chi connectivity index (χ1) is 13.2. The van der Waals surface area contributed by atoms with E-state index in [0.717, 1.165) is 38.0 Å². The Balaban J connectivity index is 1.26. The van der Waals surface area contributed by atoms with Gasteiger partial charge in [0.1, 0.15) is 0 Å². The van der Waals surface area contributed by atoms with Gasteiger partial charge >= 0.3 is 0 Å². The lowest BCUT2D eigenvalue weighted by atomic mass is 9.74. The van der Waals surface area contributed by atoms with Gasteiger partial charge in [-0.2, -0.15) is 0 Å². The van der Waals surface area contributed by atoms with Gasteiger partial charge in [0.15, 0.2) is 0 Å². The van der Waals surface area contributed by atoms with E-state index < -0.39 is 0 Å². The minimum atomic E-state index is -0.203. The second kappa shape index (κ2) is 6.12. The van der Waals surface area contributed by atoms with Gasteiger partial charge in [-0.1, -0.05) is 36.4 Å². The van der Waals surface area contributed by atoms with E-state index in [-0.39, 0.29) is 23.3 Å². The molecule has 5 rings (SSSR count). The molecule has 2 amide bonds. The first-order valence-corrected chi connectivity index (χ1v) is 9.67. The average Bonchev–Trinajstić information content (AvgIpc) is 3.22. The smallest absolute Gasteiger partial charge is 0.252 e. The van der Waals surface area contributed by atoms with E-state index in [1.54, 1.807) is 0 Å². The summed E-state index contributed by atoms with van der Waals surface area (Å²) in [6, 6.07) is 15.9. The maximum atomic E-state index is 12.9. The van der Waals surface area contributed by atoms with Gasteiger partial charge in [-0.15, -0.1) is 0 Å². The number of rotatable bonds is 2. The van der Waals surface area contributed by atoms with Crippen molar-refractivity contribution in [1.29, 1.82) is 0 Å². The van der Waals surface area contributed by atoms with Gasteiger partial charge in [0, 0.05) is 36.3 Å². The van der Waals surface area contributed by atoms with Crippen molar-refractivity contribution in [2.75, 3.05) is 25.0 Å². The van der Waals surface area contributed by atoms with Crippen LogP contribution in [0, 0.1) is 0 Å². The van der Waals surface area contributed by atoms with E-state index in [1.165, 1.54) is 11.3 Å². The van der Waals surface area contributed by atoms with Crippen molar-refractivity contribution in [1.82, 2.24) is 10.2 Å². The normalized spacial score (nSPS) is 22.1. The van der Waals surface area contributed by atoms with Crippen LogP contribution < -0.4 is 10.6 Å². The van der Waals surface area contributed by atoms with Crippen molar-refractivity contribution in [2.24, 2.45) is 0 Å². The van der Waals surface area contributed by atoms with Crippen molar-refractivity contribution in [3.63, 3.8) is 0 Å². The van der Waals surface area contributed by atoms with E-state index >= 15 is 0 Å². The summed E-state index contributed by atoms with van der Waals surface area (Å²) in [7, 11) is 0. The Kier molecular flexibility index (Phi) is 3.71. The predicted octanol–water partition coefficient (Wildman–Crippen LogP) is 2.85. The van der Waals surface area contributed by atoms with Crippen LogP contribution in [0.4, 0.5) is 5.69 Å². The number of likely N-dealkylation sites (tertiary alicyclic amines) is 1. The molecular weight excluding hydrogens is 338 g/mol. The minimum absolute atomic E-state index is 0.0744. The Bertz CT molecular complexity index is 915. The summed E-state index contributed by atoms with van der Waals surface area (Å²) in [6.45, 7) is 2.51. The number of amides is 2. The van der Waals surface area contributed by atoms with Crippen LogP contribution in [0.25, 0.3) is 0 Å². The molecule has 1 saturated heterocycles. The second-order valence-electron chi connectivity index (χ2n) is 7.88. The standard InChI is InChI=1S/C22H23N3O2/c26-20(13-19-15-5-1-2-6-16(15)21(27)24-19)25-11-9-22(10-12-25)14-23-18-8-4-3-7-17(18)22/h1-8,19,23H,9-14H2,(H,24,27). The molecule has 3 aliphatic heterocycles. The lowest BCUT2D eigenvalue weighted by Crippen LogP contribution is -2.46. The molecule has 1 spiro atoms. The third-order valence-electron chi connectivity index (χ3n) is 6.45. The molecule has 0 radical (unpaired) electrons. The molecule has 0 aliphatic carbocycles. The third kappa shape index (κ3) is 2.60. The zero-order valence-electron chi connectivity index (χ0n) is 15.2. The number of nitrogens with one attached hydrogen (secondary N) is 2. The Morgan fingerprint density at radius 3 is 2.67 bits per heavy atom. The Morgan fingerprint density at radius 2 is 1.81 bits per heavy atom. The number of carbonyl (C=O) groups is 2. The molecule has 1 unspecified atom stereocenters. The summed E-state index contributed by atoms with van der Waals surface area (Å²) in [4.78, 5) is 26.9. The van der Waals surface area contributed by atoms with E-state index in [2.05, 4.69) is 34.9 Å². The number of piperidine rings is 1. The number of carbonyl (C=O) groups excluding carboxylic acids is 2. The summed E-state index contributed by atoms with van der Waals surface area (Å²) in [5.74, 6) is 0.0562. The van der Waals surface area contributed by atoms with Gasteiger partial charge in [-0.25, -0.2) is 0 Å². The maximum absolute atomic E-state index is 12.9. The molecule has 0 saturated carbocycles. The Hall–Kier alpha value is -2.82. The van der Waals surface area contributed by atoms with Crippen LogP contribution in [-0.2, 0) is 10.2 Å². The number of anilines is 1. The molecule has 0 bridgehead atoms. The molecule has 1 fully saturated rings. The summed E-state index contributed by atoms with van der Waals surface area (Å²) in [6.07, 6.45) is 2.30. The van der Waals surface area contributed by atoms with E-state index in [0.29, 0.717) is 12.0 Å². The number of para-hydroxylation sites is 1. The predicted molar refractivity (Wildman–Crippen MR) is 104 cm³/mol. The number of hydrogen-bond acceptors (Lipinski definition) is 3. The number of nitrogens with zero attached hydrogens (tertiary/aromatic N) is 1. The summed E-state index contributed by atoms with van der Waals surface area (Å²) in [5.41, 5.74) is 4.43. The number of benzene rings is 2. The molecule has 5 heteroatoms. The van der Waals surface area contributed by atoms with Crippen molar-refractivity contribution in [3.8, 4) is 0 Å². The molecule has 5 nitrogen and oxygen atoms in total. The molecule has 2 N–H and O–H groups in total. The highest BCUT2D eigenvalue weighted by Gasteiger charge is 2.42. The summed E-state index contributed by atoms with van der Waals surface area (Å²) >= 11 is 0. The van der Waals surface area contributed by atoms with Crippen LogP contribution in [0.15, 0.2) is 48.5 Å². The van der Waals surface area contributed by atoms with Gasteiger partial charge < -0.3 is 15.5 Å². The van der Waals surface area contributed by atoms with Crippen molar-refractivity contribution >= 4 is 17.5 Å². The second-order valence-corrected chi connectivity index (χ2v) is 7.88. The highest BCUT2D eigenvalue weighted by Crippen LogP contribution is 2.44. The molecule has 2 aromatic carbocycles.